The normalized spacial score (nSPS) is 21.0. The van der Waals surface area contributed by atoms with Crippen LogP contribution in [0.5, 0.6) is 0 Å². The van der Waals surface area contributed by atoms with Gasteiger partial charge in [0, 0.05) is 32.0 Å². The molecule has 0 spiro atoms. The van der Waals surface area contributed by atoms with E-state index in [2.05, 4.69) is 5.32 Å². The van der Waals surface area contributed by atoms with Gasteiger partial charge in [0.25, 0.3) is 0 Å². The standard InChI is InChI=1S/C19H29N3O4S/c1-14-5-6-16(21-19(23)18(20)15-7-11-26-12-8-15)13-17(14)27(24,25)22-9-3-2-4-10-22/h5-6,13,15,18H,2-4,7-12,20H2,1H3,(H,21,23). The smallest absolute Gasteiger partial charge is 0.243 e. The Bertz CT molecular complexity index is 769. The van der Waals surface area contributed by atoms with Crippen molar-refractivity contribution in [2.24, 2.45) is 11.7 Å². The predicted molar refractivity (Wildman–Crippen MR) is 104 cm³/mol. The Kier molecular flexibility index (Phi) is 6.52. The number of rotatable bonds is 5. The highest BCUT2D eigenvalue weighted by molar-refractivity contribution is 7.89. The van der Waals surface area contributed by atoms with E-state index >= 15 is 0 Å². The van der Waals surface area contributed by atoms with Crippen molar-refractivity contribution in [1.29, 1.82) is 0 Å². The van der Waals surface area contributed by atoms with E-state index in [4.69, 9.17) is 10.5 Å². The van der Waals surface area contributed by atoms with E-state index in [-0.39, 0.29) is 16.7 Å². The molecule has 2 aliphatic heterocycles. The van der Waals surface area contributed by atoms with Gasteiger partial charge in [-0.05, 0) is 56.2 Å². The lowest BCUT2D eigenvalue weighted by molar-refractivity contribution is -0.119. The molecule has 27 heavy (non-hydrogen) atoms. The first-order valence-electron chi connectivity index (χ1n) is 9.64. The summed E-state index contributed by atoms with van der Waals surface area (Å²) in [5.74, 6) is -0.201. The van der Waals surface area contributed by atoms with Gasteiger partial charge in [-0.15, -0.1) is 0 Å². The second kappa shape index (κ2) is 8.68. The Morgan fingerprint density at radius 2 is 1.89 bits per heavy atom. The van der Waals surface area contributed by atoms with Gasteiger partial charge in [0.15, 0.2) is 0 Å². The third-order valence-corrected chi connectivity index (χ3v) is 7.51. The number of carbonyl (C=O) groups is 1. The number of sulfonamides is 1. The van der Waals surface area contributed by atoms with Crippen molar-refractivity contribution in [3.05, 3.63) is 23.8 Å². The molecule has 1 unspecified atom stereocenters. The fourth-order valence-electron chi connectivity index (χ4n) is 3.71. The molecule has 7 nitrogen and oxygen atoms in total. The van der Waals surface area contributed by atoms with Gasteiger partial charge < -0.3 is 15.8 Å². The molecule has 0 aromatic heterocycles. The number of benzene rings is 1. The SMILES string of the molecule is Cc1ccc(NC(=O)C(N)C2CCOCC2)cc1S(=O)(=O)N1CCCCC1. The molecule has 0 saturated carbocycles. The molecule has 150 valence electrons. The van der Waals surface area contributed by atoms with Crippen LogP contribution in [0.3, 0.4) is 0 Å². The van der Waals surface area contributed by atoms with Gasteiger partial charge >= 0.3 is 0 Å². The number of piperidine rings is 1. The Hall–Kier alpha value is -1.48. The highest BCUT2D eigenvalue weighted by Gasteiger charge is 2.29. The number of anilines is 1. The van der Waals surface area contributed by atoms with Gasteiger partial charge in [-0.2, -0.15) is 4.31 Å². The molecule has 1 atom stereocenters. The number of ether oxygens (including phenoxy) is 1. The molecule has 8 heteroatoms. The van der Waals surface area contributed by atoms with E-state index in [1.807, 2.05) is 0 Å². The zero-order valence-electron chi connectivity index (χ0n) is 15.8. The van der Waals surface area contributed by atoms with E-state index < -0.39 is 16.1 Å². The first-order valence-corrected chi connectivity index (χ1v) is 11.1. The van der Waals surface area contributed by atoms with Gasteiger partial charge in [0.2, 0.25) is 15.9 Å². The van der Waals surface area contributed by atoms with Crippen LogP contribution in [0.4, 0.5) is 5.69 Å². The molecule has 3 rings (SSSR count). The Labute approximate surface area is 161 Å². The maximum Gasteiger partial charge on any atom is 0.243 e. The van der Waals surface area contributed by atoms with E-state index in [9.17, 15) is 13.2 Å². The molecule has 2 aliphatic rings. The Morgan fingerprint density at radius 3 is 2.56 bits per heavy atom. The van der Waals surface area contributed by atoms with E-state index in [0.717, 1.165) is 32.1 Å². The van der Waals surface area contributed by atoms with Crippen LogP contribution < -0.4 is 11.1 Å². The number of nitrogens with zero attached hydrogens (tertiary/aromatic N) is 1. The minimum atomic E-state index is -3.56. The number of hydrogen-bond acceptors (Lipinski definition) is 5. The van der Waals surface area contributed by atoms with Crippen LogP contribution in [-0.4, -0.2) is 51.0 Å². The molecule has 2 fully saturated rings. The monoisotopic (exact) mass is 395 g/mol. The van der Waals surface area contributed by atoms with Gasteiger partial charge in [0.05, 0.1) is 10.9 Å². The highest BCUT2D eigenvalue weighted by Crippen LogP contribution is 2.26. The van der Waals surface area contributed by atoms with Crippen molar-refractivity contribution in [2.75, 3.05) is 31.6 Å². The second-order valence-corrected chi connectivity index (χ2v) is 9.32. The molecule has 1 aromatic rings. The lowest BCUT2D eigenvalue weighted by Crippen LogP contribution is -2.44. The van der Waals surface area contributed by atoms with Crippen molar-refractivity contribution < 1.29 is 17.9 Å². The van der Waals surface area contributed by atoms with Crippen molar-refractivity contribution in [3.8, 4) is 0 Å². The van der Waals surface area contributed by atoms with Crippen LogP contribution in [0.2, 0.25) is 0 Å². The van der Waals surface area contributed by atoms with Crippen LogP contribution in [0, 0.1) is 12.8 Å². The molecule has 2 saturated heterocycles. The number of nitrogens with one attached hydrogen (secondary N) is 1. The zero-order chi connectivity index (χ0) is 19.4. The summed E-state index contributed by atoms with van der Waals surface area (Å²) < 4.78 is 32.9. The van der Waals surface area contributed by atoms with Crippen molar-refractivity contribution >= 4 is 21.6 Å². The van der Waals surface area contributed by atoms with Gasteiger partial charge in [0.1, 0.15) is 0 Å². The second-order valence-electron chi connectivity index (χ2n) is 7.41. The summed E-state index contributed by atoms with van der Waals surface area (Å²) in [6.07, 6.45) is 4.35. The summed E-state index contributed by atoms with van der Waals surface area (Å²) in [5.41, 5.74) is 7.25. The van der Waals surface area contributed by atoms with Crippen molar-refractivity contribution in [3.63, 3.8) is 0 Å². The molecule has 1 amide bonds. The molecular weight excluding hydrogens is 366 g/mol. The lowest BCUT2D eigenvalue weighted by Gasteiger charge is -2.27. The fourth-order valence-corrected chi connectivity index (χ4v) is 5.48. The number of hydrogen-bond donors (Lipinski definition) is 2. The molecular formula is C19H29N3O4S. The Morgan fingerprint density at radius 1 is 1.22 bits per heavy atom. The predicted octanol–water partition coefficient (Wildman–Crippen LogP) is 1.86. The number of aryl methyl sites for hydroxylation is 1. The quantitative estimate of drug-likeness (QED) is 0.792. The number of nitrogens with two attached hydrogens (primary N) is 1. The zero-order valence-corrected chi connectivity index (χ0v) is 16.6. The van der Waals surface area contributed by atoms with E-state index in [0.29, 0.717) is 37.6 Å². The average molecular weight is 396 g/mol. The third kappa shape index (κ3) is 4.68. The molecule has 1 aromatic carbocycles. The molecule has 0 bridgehead atoms. The van der Waals surface area contributed by atoms with E-state index in [1.165, 1.54) is 4.31 Å². The molecule has 2 heterocycles. The van der Waals surface area contributed by atoms with Crippen molar-refractivity contribution in [1.82, 2.24) is 4.31 Å². The molecule has 3 N–H and O–H groups in total. The number of amides is 1. The third-order valence-electron chi connectivity index (χ3n) is 5.47. The average Bonchev–Trinajstić information content (AvgIpc) is 2.70. The van der Waals surface area contributed by atoms with Crippen LogP contribution in [0.1, 0.15) is 37.7 Å². The van der Waals surface area contributed by atoms with Gasteiger partial charge in [-0.3, -0.25) is 4.79 Å². The maximum atomic E-state index is 13.0. The molecule has 0 radical (unpaired) electrons. The van der Waals surface area contributed by atoms with Gasteiger partial charge in [-0.25, -0.2) is 8.42 Å². The minimum Gasteiger partial charge on any atom is -0.381 e. The lowest BCUT2D eigenvalue weighted by atomic mass is 9.92. The van der Waals surface area contributed by atoms with Crippen molar-refractivity contribution in [2.45, 2.75) is 50.0 Å². The summed E-state index contributed by atoms with van der Waals surface area (Å²) in [6.45, 7) is 4.11. The Balaban J connectivity index is 1.75. The van der Waals surface area contributed by atoms with Crippen LogP contribution >= 0.6 is 0 Å². The number of carbonyl (C=O) groups excluding carboxylic acids is 1. The van der Waals surface area contributed by atoms with E-state index in [1.54, 1.807) is 25.1 Å². The fraction of sp³-hybridized carbons (Fsp3) is 0.632. The summed E-state index contributed by atoms with van der Waals surface area (Å²) in [4.78, 5) is 12.8. The molecule has 0 aliphatic carbocycles. The summed E-state index contributed by atoms with van der Waals surface area (Å²) in [6, 6.07) is 4.37. The summed E-state index contributed by atoms with van der Waals surface area (Å²) >= 11 is 0. The first-order chi connectivity index (χ1) is 12.9. The van der Waals surface area contributed by atoms with Crippen LogP contribution in [0.25, 0.3) is 0 Å². The topological polar surface area (TPSA) is 102 Å². The summed E-state index contributed by atoms with van der Waals surface area (Å²) in [5, 5.41) is 2.79. The minimum absolute atomic E-state index is 0.0840. The highest BCUT2D eigenvalue weighted by atomic mass is 32.2. The van der Waals surface area contributed by atoms with Crippen LogP contribution in [-0.2, 0) is 19.6 Å². The largest absolute Gasteiger partial charge is 0.381 e. The van der Waals surface area contributed by atoms with Crippen LogP contribution in [0.15, 0.2) is 23.1 Å². The van der Waals surface area contributed by atoms with Gasteiger partial charge in [-0.1, -0.05) is 12.5 Å². The maximum absolute atomic E-state index is 13.0. The summed E-state index contributed by atoms with van der Waals surface area (Å²) in [7, 11) is -3.56. The first kappa shape index (κ1) is 20.3.